The van der Waals surface area contributed by atoms with Crippen molar-refractivity contribution in [2.75, 3.05) is 0 Å². The van der Waals surface area contributed by atoms with Crippen LogP contribution < -0.4 is 5.32 Å². The molecule has 1 heterocycles. The fourth-order valence-electron chi connectivity index (χ4n) is 3.21. The molecule has 1 N–H and O–H groups in total. The summed E-state index contributed by atoms with van der Waals surface area (Å²) in [5.74, 6) is 0. The van der Waals surface area contributed by atoms with E-state index in [0.29, 0.717) is 6.04 Å². The van der Waals surface area contributed by atoms with Gasteiger partial charge in [0.25, 0.3) is 0 Å². The van der Waals surface area contributed by atoms with E-state index in [-0.39, 0.29) is 18.2 Å². The van der Waals surface area contributed by atoms with Crippen molar-refractivity contribution < 1.29 is 9.53 Å². The highest BCUT2D eigenvalue weighted by Gasteiger charge is 2.34. The third-order valence-corrected chi connectivity index (χ3v) is 4.48. The van der Waals surface area contributed by atoms with Crippen molar-refractivity contribution in [1.82, 2.24) is 10.2 Å². The van der Waals surface area contributed by atoms with Gasteiger partial charge in [-0.2, -0.15) is 0 Å². The molecule has 0 saturated carbocycles. The Morgan fingerprint density at radius 1 is 1.22 bits per heavy atom. The highest BCUT2D eigenvalue weighted by molar-refractivity contribution is 5.68. The average molecular weight is 318 g/mol. The largest absolute Gasteiger partial charge is 0.444 e. The molecule has 0 radical (unpaired) electrons. The van der Waals surface area contributed by atoms with Crippen LogP contribution >= 0.6 is 0 Å². The number of alkyl carbamates (subject to hydrolysis) is 1. The van der Waals surface area contributed by atoms with Gasteiger partial charge in [-0.15, -0.1) is 0 Å². The third-order valence-electron chi connectivity index (χ3n) is 4.48. The van der Waals surface area contributed by atoms with Crippen molar-refractivity contribution >= 4 is 6.09 Å². The molecule has 0 spiro atoms. The lowest BCUT2D eigenvalue weighted by molar-refractivity contribution is 0.0328. The maximum absolute atomic E-state index is 12.1. The summed E-state index contributed by atoms with van der Waals surface area (Å²) in [7, 11) is 0. The van der Waals surface area contributed by atoms with E-state index < -0.39 is 5.60 Å². The van der Waals surface area contributed by atoms with Crippen LogP contribution in [0.3, 0.4) is 0 Å². The smallest absolute Gasteiger partial charge is 0.407 e. The summed E-state index contributed by atoms with van der Waals surface area (Å²) in [6.07, 6.45) is 1.76. The molecule has 1 fully saturated rings. The second-order valence-corrected chi connectivity index (χ2v) is 7.58. The molecule has 4 heteroatoms. The van der Waals surface area contributed by atoms with Crippen LogP contribution in [0.15, 0.2) is 30.3 Å². The molecule has 128 valence electrons. The van der Waals surface area contributed by atoms with Crippen LogP contribution in [0.4, 0.5) is 4.79 Å². The normalized spacial score (nSPS) is 25.9. The van der Waals surface area contributed by atoms with Crippen molar-refractivity contribution in [3.63, 3.8) is 0 Å². The monoisotopic (exact) mass is 318 g/mol. The highest BCUT2D eigenvalue weighted by atomic mass is 16.6. The van der Waals surface area contributed by atoms with Gasteiger partial charge >= 0.3 is 6.09 Å². The first-order chi connectivity index (χ1) is 10.8. The van der Waals surface area contributed by atoms with Gasteiger partial charge in [-0.1, -0.05) is 30.3 Å². The quantitative estimate of drug-likeness (QED) is 0.917. The average Bonchev–Trinajstić information content (AvgIpc) is 2.46. The Bertz CT molecular complexity index is 510. The molecule has 1 aliphatic rings. The summed E-state index contributed by atoms with van der Waals surface area (Å²) in [5.41, 5.74) is 0.850. The number of hydrogen-bond donors (Lipinski definition) is 1. The Balaban J connectivity index is 1.99. The maximum atomic E-state index is 12.1. The zero-order valence-corrected chi connectivity index (χ0v) is 15.0. The molecule has 1 saturated heterocycles. The molecular weight excluding hydrogens is 288 g/mol. The summed E-state index contributed by atoms with van der Waals surface area (Å²) < 4.78 is 5.40. The van der Waals surface area contributed by atoms with Crippen LogP contribution in [0.1, 0.15) is 53.0 Å². The van der Waals surface area contributed by atoms with Gasteiger partial charge in [0, 0.05) is 24.7 Å². The molecule has 4 nitrogen and oxygen atoms in total. The Morgan fingerprint density at radius 2 is 1.87 bits per heavy atom. The van der Waals surface area contributed by atoms with Crippen LogP contribution in [-0.4, -0.2) is 34.7 Å². The summed E-state index contributed by atoms with van der Waals surface area (Å²) in [4.78, 5) is 14.5. The van der Waals surface area contributed by atoms with Crippen molar-refractivity contribution in [3.05, 3.63) is 35.9 Å². The van der Waals surface area contributed by atoms with Gasteiger partial charge in [0.1, 0.15) is 5.60 Å². The van der Waals surface area contributed by atoms with E-state index in [0.717, 1.165) is 19.4 Å². The van der Waals surface area contributed by atoms with E-state index in [1.165, 1.54) is 5.56 Å². The molecule has 1 aliphatic heterocycles. The predicted molar refractivity (Wildman–Crippen MR) is 93.3 cm³/mol. The Labute approximate surface area is 140 Å². The van der Waals surface area contributed by atoms with Crippen molar-refractivity contribution in [2.24, 2.45) is 0 Å². The molecule has 3 atom stereocenters. The minimum absolute atomic E-state index is 0.129. The third kappa shape index (κ3) is 5.24. The summed E-state index contributed by atoms with van der Waals surface area (Å²) in [6.45, 7) is 11.0. The van der Waals surface area contributed by atoms with Crippen molar-refractivity contribution in [2.45, 2.75) is 77.7 Å². The van der Waals surface area contributed by atoms with Gasteiger partial charge in [-0.25, -0.2) is 4.79 Å². The van der Waals surface area contributed by atoms with Crippen LogP contribution in [-0.2, 0) is 11.3 Å². The van der Waals surface area contributed by atoms with Crippen molar-refractivity contribution in [1.29, 1.82) is 0 Å². The van der Waals surface area contributed by atoms with Crippen LogP contribution in [0.25, 0.3) is 0 Å². The van der Waals surface area contributed by atoms with Gasteiger partial charge in [-0.3, -0.25) is 4.90 Å². The van der Waals surface area contributed by atoms with Gasteiger partial charge in [0.05, 0.1) is 0 Å². The minimum atomic E-state index is -0.459. The standard InChI is InChI=1S/C19H30N2O2/c1-14-11-12-17(20-18(22)23-19(3,4)5)15(2)21(14)13-16-9-7-6-8-10-16/h6-10,14-15,17H,11-13H2,1-5H3,(H,20,22)/t14-,15-,17+/m1/s1. The fourth-order valence-corrected chi connectivity index (χ4v) is 3.21. The lowest BCUT2D eigenvalue weighted by Gasteiger charge is -2.44. The Hall–Kier alpha value is -1.55. The molecule has 1 aromatic rings. The van der Waals surface area contributed by atoms with Gasteiger partial charge < -0.3 is 10.1 Å². The number of carbonyl (C=O) groups excluding carboxylic acids is 1. The summed E-state index contributed by atoms with van der Waals surface area (Å²) in [5, 5.41) is 3.06. The van der Waals surface area contributed by atoms with Crippen LogP contribution in [0.2, 0.25) is 0 Å². The molecule has 2 rings (SSSR count). The summed E-state index contributed by atoms with van der Waals surface area (Å²) >= 11 is 0. The first kappa shape index (κ1) is 17.8. The number of nitrogens with zero attached hydrogens (tertiary/aromatic N) is 1. The van der Waals surface area contributed by atoms with Gasteiger partial charge in [-0.05, 0) is 53.0 Å². The Morgan fingerprint density at radius 3 is 2.48 bits per heavy atom. The predicted octanol–water partition coefficient (Wildman–Crippen LogP) is 3.95. The van der Waals surface area contributed by atoms with E-state index in [4.69, 9.17) is 4.74 Å². The van der Waals surface area contributed by atoms with Crippen molar-refractivity contribution in [3.8, 4) is 0 Å². The number of benzene rings is 1. The first-order valence-corrected chi connectivity index (χ1v) is 8.55. The van der Waals surface area contributed by atoms with Gasteiger partial charge in [0.2, 0.25) is 0 Å². The second-order valence-electron chi connectivity index (χ2n) is 7.58. The SMILES string of the molecule is C[C@@H]1CC[C@H](NC(=O)OC(C)(C)C)[C@@H](C)N1Cc1ccccc1. The number of rotatable bonds is 3. The highest BCUT2D eigenvalue weighted by Crippen LogP contribution is 2.25. The van der Waals surface area contributed by atoms with Crippen LogP contribution in [0.5, 0.6) is 0 Å². The maximum Gasteiger partial charge on any atom is 0.407 e. The number of piperidine rings is 1. The van der Waals surface area contributed by atoms with E-state index in [1.807, 2.05) is 26.8 Å². The first-order valence-electron chi connectivity index (χ1n) is 8.55. The summed E-state index contributed by atoms with van der Waals surface area (Å²) in [6, 6.07) is 11.4. The Kier molecular flexibility index (Phi) is 5.69. The lowest BCUT2D eigenvalue weighted by atomic mass is 9.92. The van der Waals surface area contributed by atoms with Crippen LogP contribution in [0, 0.1) is 0 Å². The zero-order chi connectivity index (χ0) is 17.0. The van der Waals surface area contributed by atoms with E-state index in [1.54, 1.807) is 0 Å². The number of likely N-dealkylation sites (tertiary alicyclic amines) is 1. The zero-order valence-electron chi connectivity index (χ0n) is 15.0. The molecule has 0 aliphatic carbocycles. The molecular formula is C19H30N2O2. The number of amides is 1. The van der Waals surface area contributed by atoms with E-state index >= 15 is 0 Å². The number of hydrogen-bond acceptors (Lipinski definition) is 3. The van der Waals surface area contributed by atoms with E-state index in [9.17, 15) is 4.79 Å². The molecule has 23 heavy (non-hydrogen) atoms. The number of nitrogens with one attached hydrogen (secondary N) is 1. The molecule has 1 amide bonds. The lowest BCUT2D eigenvalue weighted by Crippen LogP contribution is -2.56. The molecule has 0 aromatic heterocycles. The molecule has 0 unspecified atom stereocenters. The second kappa shape index (κ2) is 7.35. The van der Waals surface area contributed by atoms with E-state index in [2.05, 4.69) is 48.3 Å². The minimum Gasteiger partial charge on any atom is -0.444 e. The molecule has 1 aromatic carbocycles. The fraction of sp³-hybridized carbons (Fsp3) is 0.632. The van der Waals surface area contributed by atoms with Gasteiger partial charge in [0.15, 0.2) is 0 Å². The number of ether oxygens (including phenoxy) is 1. The topological polar surface area (TPSA) is 41.6 Å². The molecule has 0 bridgehead atoms. The number of carbonyl (C=O) groups is 1.